The molecule has 98 valence electrons. The van der Waals surface area contributed by atoms with Crippen molar-refractivity contribution < 1.29 is 4.79 Å². The number of para-hydroxylation sites is 1. The van der Waals surface area contributed by atoms with E-state index in [1.807, 2.05) is 48.5 Å². The van der Waals surface area contributed by atoms with E-state index in [2.05, 4.69) is 42.5 Å². The molecule has 2 aromatic carbocycles. The number of carbonyl (C=O) groups is 1. The first-order valence-electron chi connectivity index (χ1n) is 5.69. The Morgan fingerprint density at radius 3 is 2.58 bits per heavy atom. The molecule has 2 rings (SSSR count). The number of anilines is 2. The summed E-state index contributed by atoms with van der Waals surface area (Å²) in [5.41, 5.74) is 1.67. The molecule has 0 atom stereocenters. The minimum Gasteiger partial charge on any atom is -0.375 e. The van der Waals surface area contributed by atoms with Crippen LogP contribution in [0.3, 0.4) is 0 Å². The van der Waals surface area contributed by atoms with Gasteiger partial charge in [0.1, 0.15) is 0 Å². The van der Waals surface area contributed by atoms with Crippen molar-refractivity contribution in [1.29, 1.82) is 0 Å². The molecule has 0 unspecified atom stereocenters. The van der Waals surface area contributed by atoms with E-state index < -0.39 is 0 Å². The highest BCUT2D eigenvalue weighted by molar-refractivity contribution is 9.10. The first-order chi connectivity index (χ1) is 9.15. The predicted octanol–water partition coefficient (Wildman–Crippen LogP) is 4.26. The molecule has 2 N–H and O–H groups in total. The fourth-order valence-electron chi connectivity index (χ4n) is 1.55. The first-order valence-corrected chi connectivity index (χ1v) is 7.27. The van der Waals surface area contributed by atoms with Crippen molar-refractivity contribution in [3.8, 4) is 0 Å². The lowest BCUT2D eigenvalue weighted by Gasteiger charge is -2.09. The molecule has 1 amide bonds. The van der Waals surface area contributed by atoms with E-state index in [0.717, 1.165) is 20.3 Å². The number of hydrogen-bond acceptors (Lipinski definition) is 2. The summed E-state index contributed by atoms with van der Waals surface area (Å²) < 4.78 is 1.87. The normalized spacial score (nSPS) is 10.0. The molecule has 0 fully saturated rings. The van der Waals surface area contributed by atoms with Crippen molar-refractivity contribution in [1.82, 2.24) is 0 Å². The van der Waals surface area contributed by atoms with Gasteiger partial charge in [-0.15, -0.1) is 0 Å². The van der Waals surface area contributed by atoms with Gasteiger partial charge in [-0.3, -0.25) is 4.79 Å². The predicted molar refractivity (Wildman–Crippen MR) is 85.4 cm³/mol. The van der Waals surface area contributed by atoms with Crippen LogP contribution < -0.4 is 10.6 Å². The van der Waals surface area contributed by atoms with E-state index in [4.69, 9.17) is 0 Å². The molecular formula is C14H12Br2N2O. The van der Waals surface area contributed by atoms with Crippen molar-refractivity contribution in [2.24, 2.45) is 0 Å². The number of amides is 1. The molecule has 0 saturated carbocycles. The third-order valence-corrected chi connectivity index (χ3v) is 3.61. The summed E-state index contributed by atoms with van der Waals surface area (Å²) in [5.74, 6) is -0.0890. The van der Waals surface area contributed by atoms with E-state index in [1.54, 1.807) is 0 Å². The van der Waals surface area contributed by atoms with Crippen molar-refractivity contribution in [3.05, 3.63) is 57.5 Å². The lowest BCUT2D eigenvalue weighted by Crippen LogP contribution is -2.21. The van der Waals surface area contributed by atoms with E-state index in [0.29, 0.717) is 0 Å². The molecule has 0 aliphatic rings. The second kappa shape index (κ2) is 6.73. The number of carbonyl (C=O) groups excluding carboxylic acids is 1. The molecule has 0 aliphatic carbocycles. The van der Waals surface area contributed by atoms with Gasteiger partial charge in [0.05, 0.1) is 6.54 Å². The van der Waals surface area contributed by atoms with E-state index in [-0.39, 0.29) is 12.5 Å². The monoisotopic (exact) mass is 382 g/mol. The summed E-state index contributed by atoms with van der Waals surface area (Å²) in [4.78, 5) is 11.8. The number of rotatable bonds is 4. The fraction of sp³-hybridized carbons (Fsp3) is 0.0714. The maximum absolute atomic E-state index is 11.8. The van der Waals surface area contributed by atoms with Gasteiger partial charge in [0.15, 0.2) is 0 Å². The summed E-state index contributed by atoms with van der Waals surface area (Å²) in [6, 6.07) is 15.2. The topological polar surface area (TPSA) is 41.1 Å². The van der Waals surface area contributed by atoms with Crippen LogP contribution in [0, 0.1) is 0 Å². The first kappa shape index (κ1) is 14.1. The third kappa shape index (κ3) is 4.36. The van der Waals surface area contributed by atoms with Gasteiger partial charge in [-0.25, -0.2) is 0 Å². The van der Waals surface area contributed by atoms with Crippen LogP contribution in [-0.2, 0) is 4.79 Å². The van der Waals surface area contributed by atoms with Crippen molar-refractivity contribution >= 4 is 49.1 Å². The highest BCUT2D eigenvalue weighted by Gasteiger charge is 2.04. The van der Waals surface area contributed by atoms with Crippen LogP contribution in [0.5, 0.6) is 0 Å². The Morgan fingerprint density at radius 2 is 1.84 bits per heavy atom. The smallest absolute Gasteiger partial charge is 0.243 e. The van der Waals surface area contributed by atoms with Crippen molar-refractivity contribution in [3.63, 3.8) is 0 Å². The third-order valence-electron chi connectivity index (χ3n) is 2.42. The molecule has 2 aromatic rings. The van der Waals surface area contributed by atoms with Crippen LogP contribution in [0.2, 0.25) is 0 Å². The van der Waals surface area contributed by atoms with Crippen LogP contribution >= 0.6 is 31.9 Å². The van der Waals surface area contributed by atoms with Gasteiger partial charge in [-0.05, 0) is 46.3 Å². The summed E-state index contributed by atoms with van der Waals surface area (Å²) in [6.45, 7) is 0.217. The van der Waals surface area contributed by atoms with Crippen LogP contribution in [-0.4, -0.2) is 12.5 Å². The van der Waals surface area contributed by atoms with E-state index >= 15 is 0 Å². The minimum absolute atomic E-state index is 0.0890. The van der Waals surface area contributed by atoms with Crippen LogP contribution in [0.25, 0.3) is 0 Å². The Balaban J connectivity index is 1.90. The maximum Gasteiger partial charge on any atom is 0.243 e. The zero-order chi connectivity index (χ0) is 13.7. The van der Waals surface area contributed by atoms with E-state index in [1.165, 1.54) is 0 Å². The Hall–Kier alpha value is -1.33. The number of benzene rings is 2. The van der Waals surface area contributed by atoms with E-state index in [9.17, 15) is 4.79 Å². The van der Waals surface area contributed by atoms with Crippen LogP contribution in [0.1, 0.15) is 0 Å². The average molecular weight is 384 g/mol. The zero-order valence-electron chi connectivity index (χ0n) is 9.99. The average Bonchev–Trinajstić information content (AvgIpc) is 2.38. The molecule has 5 heteroatoms. The Labute approximate surface area is 128 Å². The molecule has 3 nitrogen and oxygen atoms in total. The van der Waals surface area contributed by atoms with Gasteiger partial charge in [-0.1, -0.05) is 34.1 Å². The van der Waals surface area contributed by atoms with Crippen LogP contribution in [0.15, 0.2) is 57.5 Å². The fourth-order valence-corrected chi connectivity index (χ4v) is 2.38. The molecule has 0 aromatic heterocycles. The van der Waals surface area contributed by atoms with Crippen molar-refractivity contribution in [2.45, 2.75) is 0 Å². The molecule has 0 spiro atoms. The number of hydrogen-bond donors (Lipinski definition) is 2. The summed E-state index contributed by atoms with van der Waals surface area (Å²) in [5, 5.41) is 5.90. The lowest BCUT2D eigenvalue weighted by atomic mass is 10.3. The summed E-state index contributed by atoms with van der Waals surface area (Å²) in [6.07, 6.45) is 0. The molecule has 19 heavy (non-hydrogen) atoms. The minimum atomic E-state index is -0.0890. The Morgan fingerprint density at radius 1 is 1.05 bits per heavy atom. The summed E-state index contributed by atoms with van der Waals surface area (Å²) in [7, 11) is 0. The molecular weight excluding hydrogens is 372 g/mol. The largest absolute Gasteiger partial charge is 0.375 e. The SMILES string of the molecule is O=C(CNc1ccccc1Br)Nc1cccc(Br)c1. The Kier molecular flexibility index (Phi) is 4.99. The van der Waals surface area contributed by atoms with Gasteiger partial charge in [0.2, 0.25) is 5.91 Å². The van der Waals surface area contributed by atoms with Gasteiger partial charge >= 0.3 is 0 Å². The van der Waals surface area contributed by atoms with Gasteiger partial charge in [0.25, 0.3) is 0 Å². The highest BCUT2D eigenvalue weighted by atomic mass is 79.9. The summed E-state index contributed by atoms with van der Waals surface area (Å²) >= 11 is 6.79. The number of nitrogens with one attached hydrogen (secondary N) is 2. The van der Waals surface area contributed by atoms with Gasteiger partial charge < -0.3 is 10.6 Å². The molecule has 0 heterocycles. The highest BCUT2D eigenvalue weighted by Crippen LogP contribution is 2.21. The van der Waals surface area contributed by atoms with Crippen LogP contribution in [0.4, 0.5) is 11.4 Å². The molecule has 0 bridgehead atoms. The van der Waals surface area contributed by atoms with Crippen molar-refractivity contribution in [2.75, 3.05) is 17.2 Å². The van der Waals surface area contributed by atoms with Gasteiger partial charge in [0, 0.05) is 20.3 Å². The van der Waals surface area contributed by atoms with Gasteiger partial charge in [-0.2, -0.15) is 0 Å². The molecule has 0 saturated heterocycles. The zero-order valence-corrected chi connectivity index (χ0v) is 13.2. The lowest BCUT2D eigenvalue weighted by molar-refractivity contribution is -0.114. The second-order valence-corrected chi connectivity index (χ2v) is 5.66. The quantitative estimate of drug-likeness (QED) is 0.827. The standard InChI is InChI=1S/C14H12Br2N2O/c15-10-4-3-5-11(8-10)18-14(19)9-17-13-7-2-1-6-12(13)16/h1-8,17H,9H2,(H,18,19). The Bertz CT molecular complexity index is 587. The second-order valence-electron chi connectivity index (χ2n) is 3.89. The molecule has 0 radical (unpaired) electrons. The maximum atomic E-state index is 11.8. The molecule has 0 aliphatic heterocycles. The number of halogens is 2.